The monoisotopic (exact) mass is 264 g/mol. The van der Waals surface area contributed by atoms with E-state index in [1.807, 2.05) is 0 Å². The lowest BCUT2D eigenvalue weighted by atomic mass is 9.98. The first-order chi connectivity index (χ1) is 9.02. The summed E-state index contributed by atoms with van der Waals surface area (Å²) in [7, 11) is 3.54. The number of hydrazine groups is 1. The van der Waals surface area contributed by atoms with E-state index >= 15 is 0 Å². The standard InChI is InChI=1S/C15H24N2O2/c1-5-12(2)14-8-6-13(7-9-14)10-19-11-15(18)16-17(3)4/h6-9,12H,5,10-11H2,1-4H3,(H,16,18). The quantitative estimate of drug-likeness (QED) is 0.768. The van der Waals surface area contributed by atoms with Crippen molar-refractivity contribution in [1.29, 1.82) is 0 Å². The lowest BCUT2D eigenvalue weighted by Gasteiger charge is -2.12. The fourth-order valence-corrected chi connectivity index (χ4v) is 1.72. The van der Waals surface area contributed by atoms with Crippen molar-refractivity contribution in [2.75, 3.05) is 20.7 Å². The van der Waals surface area contributed by atoms with E-state index in [1.54, 1.807) is 19.1 Å². The van der Waals surface area contributed by atoms with Crippen LogP contribution < -0.4 is 5.43 Å². The first-order valence-corrected chi connectivity index (χ1v) is 6.66. The Balaban J connectivity index is 2.36. The van der Waals surface area contributed by atoms with Crippen LogP contribution in [0.15, 0.2) is 24.3 Å². The number of rotatable bonds is 7. The highest BCUT2D eigenvalue weighted by Crippen LogP contribution is 2.18. The summed E-state index contributed by atoms with van der Waals surface area (Å²) >= 11 is 0. The molecule has 0 bridgehead atoms. The second kappa shape index (κ2) is 7.92. The predicted octanol–water partition coefficient (Wildman–Crippen LogP) is 2.31. The van der Waals surface area contributed by atoms with Crippen LogP contribution in [0.2, 0.25) is 0 Å². The molecule has 1 amide bonds. The highest BCUT2D eigenvalue weighted by Gasteiger charge is 2.04. The molecule has 0 fully saturated rings. The second-order valence-corrected chi connectivity index (χ2v) is 4.97. The first-order valence-electron chi connectivity index (χ1n) is 6.66. The van der Waals surface area contributed by atoms with Crippen molar-refractivity contribution in [3.05, 3.63) is 35.4 Å². The van der Waals surface area contributed by atoms with Crippen molar-refractivity contribution in [2.45, 2.75) is 32.8 Å². The van der Waals surface area contributed by atoms with Crippen LogP contribution in [-0.2, 0) is 16.1 Å². The molecule has 0 aliphatic carbocycles. The van der Waals surface area contributed by atoms with Crippen LogP contribution in [0.25, 0.3) is 0 Å². The van der Waals surface area contributed by atoms with Gasteiger partial charge in [-0.15, -0.1) is 0 Å². The molecule has 0 heterocycles. The van der Waals surface area contributed by atoms with Gasteiger partial charge in [-0.2, -0.15) is 0 Å². The Bertz CT molecular complexity index is 388. The van der Waals surface area contributed by atoms with Crippen molar-refractivity contribution in [1.82, 2.24) is 10.4 Å². The van der Waals surface area contributed by atoms with Crippen molar-refractivity contribution in [2.24, 2.45) is 0 Å². The molecule has 106 valence electrons. The maximum absolute atomic E-state index is 11.3. The van der Waals surface area contributed by atoms with Gasteiger partial charge in [-0.25, -0.2) is 5.01 Å². The van der Waals surface area contributed by atoms with Crippen molar-refractivity contribution in [3.63, 3.8) is 0 Å². The van der Waals surface area contributed by atoms with Crippen molar-refractivity contribution < 1.29 is 9.53 Å². The van der Waals surface area contributed by atoms with Gasteiger partial charge in [-0.05, 0) is 23.5 Å². The summed E-state index contributed by atoms with van der Waals surface area (Å²) in [5.74, 6) is 0.446. The minimum atomic E-state index is -0.138. The zero-order valence-electron chi connectivity index (χ0n) is 12.3. The van der Waals surface area contributed by atoms with E-state index in [0.29, 0.717) is 12.5 Å². The Morgan fingerprint density at radius 3 is 2.47 bits per heavy atom. The lowest BCUT2D eigenvalue weighted by Crippen LogP contribution is -2.38. The zero-order chi connectivity index (χ0) is 14.3. The molecule has 1 aromatic rings. The van der Waals surface area contributed by atoms with Gasteiger partial charge in [0.05, 0.1) is 6.61 Å². The lowest BCUT2D eigenvalue weighted by molar-refractivity contribution is -0.129. The largest absolute Gasteiger partial charge is 0.367 e. The van der Waals surface area contributed by atoms with Gasteiger partial charge in [0.1, 0.15) is 6.61 Å². The number of ether oxygens (including phenoxy) is 1. The van der Waals surface area contributed by atoms with Crippen LogP contribution in [0.4, 0.5) is 0 Å². The molecule has 0 aliphatic heterocycles. The van der Waals surface area contributed by atoms with Gasteiger partial charge in [0, 0.05) is 14.1 Å². The number of nitrogens with zero attached hydrogens (tertiary/aromatic N) is 1. The molecule has 0 aromatic heterocycles. The van der Waals surface area contributed by atoms with E-state index in [2.05, 4.69) is 43.5 Å². The number of hydrogen-bond acceptors (Lipinski definition) is 3. The molecule has 0 saturated carbocycles. The van der Waals surface area contributed by atoms with E-state index in [0.717, 1.165) is 12.0 Å². The normalized spacial score (nSPS) is 12.5. The number of hydrogen-bond donors (Lipinski definition) is 1. The number of amides is 1. The van der Waals surface area contributed by atoms with Gasteiger partial charge in [0.25, 0.3) is 5.91 Å². The van der Waals surface area contributed by atoms with Gasteiger partial charge < -0.3 is 4.74 Å². The van der Waals surface area contributed by atoms with E-state index in [1.165, 1.54) is 5.56 Å². The third kappa shape index (κ3) is 5.85. The molecule has 0 saturated heterocycles. The minimum absolute atomic E-state index is 0.0747. The van der Waals surface area contributed by atoms with E-state index in [-0.39, 0.29) is 12.5 Å². The molecule has 0 spiro atoms. The van der Waals surface area contributed by atoms with Crippen molar-refractivity contribution in [3.8, 4) is 0 Å². The third-order valence-corrected chi connectivity index (χ3v) is 3.01. The molecule has 0 radical (unpaired) electrons. The smallest absolute Gasteiger partial charge is 0.260 e. The van der Waals surface area contributed by atoms with Crippen LogP contribution in [0.5, 0.6) is 0 Å². The number of benzene rings is 1. The van der Waals surface area contributed by atoms with E-state index in [4.69, 9.17) is 4.74 Å². The summed E-state index contributed by atoms with van der Waals surface area (Å²) in [5.41, 5.74) is 5.06. The number of nitrogens with one attached hydrogen (secondary N) is 1. The SMILES string of the molecule is CCC(C)c1ccc(COCC(=O)NN(C)C)cc1. The van der Waals surface area contributed by atoms with Crippen LogP contribution in [0.1, 0.15) is 37.3 Å². The Hall–Kier alpha value is -1.39. The summed E-state index contributed by atoms with van der Waals surface area (Å²) in [6.07, 6.45) is 1.14. The van der Waals surface area contributed by atoms with Crippen LogP contribution in [0.3, 0.4) is 0 Å². The average molecular weight is 264 g/mol. The Labute approximate surface area is 115 Å². The average Bonchev–Trinajstić information content (AvgIpc) is 2.37. The van der Waals surface area contributed by atoms with Gasteiger partial charge in [0.2, 0.25) is 0 Å². The Kier molecular flexibility index (Phi) is 6.53. The molecular formula is C15H24N2O2. The number of carbonyl (C=O) groups is 1. The fourth-order valence-electron chi connectivity index (χ4n) is 1.72. The van der Waals surface area contributed by atoms with Gasteiger partial charge in [-0.3, -0.25) is 10.2 Å². The van der Waals surface area contributed by atoms with E-state index in [9.17, 15) is 4.79 Å². The molecule has 1 unspecified atom stereocenters. The Morgan fingerprint density at radius 1 is 1.32 bits per heavy atom. The van der Waals surface area contributed by atoms with Crippen molar-refractivity contribution >= 4 is 5.91 Å². The molecule has 1 atom stereocenters. The second-order valence-electron chi connectivity index (χ2n) is 4.97. The van der Waals surface area contributed by atoms with Crippen LogP contribution in [-0.4, -0.2) is 31.6 Å². The highest BCUT2D eigenvalue weighted by molar-refractivity contribution is 5.76. The number of carbonyl (C=O) groups excluding carboxylic acids is 1. The maximum atomic E-state index is 11.3. The molecule has 1 rings (SSSR count). The predicted molar refractivity (Wildman–Crippen MR) is 76.6 cm³/mol. The topological polar surface area (TPSA) is 41.6 Å². The molecule has 4 heteroatoms. The molecule has 1 aromatic carbocycles. The zero-order valence-corrected chi connectivity index (χ0v) is 12.3. The van der Waals surface area contributed by atoms with Gasteiger partial charge >= 0.3 is 0 Å². The summed E-state index contributed by atoms with van der Waals surface area (Å²) in [5, 5.41) is 1.60. The minimum Gasteiger partial charge on any atom is -0.367 e. The highest BCUT2D eigenvalue weighted by atomic mass is 16.5. The fraction of sp³-hybridized carbons (Fsp3) is 0.533. The summed E-state index contributed by atoms with van der Waals surface area (Å²) in [6, 6.07) is 8.39. The maximum Gasteiger partial charge on any atom is 0.260 e. The molecular weight excluding hydrogens is 240 g/mol. The molecule has 0 aliphatic rings. The Morgan fingerprint density at radius 2 is 1.95 bits per heavy atom. The van der Waals surface area contributed by atoms with E-state index < -0.39 is 0 Å². The molecule has 1 N–H and O–H groups in total. The summed E-state index contributed by atoms with van der Waals surface area (Å²) in [6.45, 7) is 4.94. The summed E-state index contributed by atoms with van der Waals surface area (Å²) in [4.78, 5) is 11.3. The first kappa shape index (κ1) is 15.7. The summed E-state index contributed by atoms with van der Waals surface area (Å²) < 4.78 is 5.37. The molecule has 19 heavy (non-hydrogen) atoms. The van der Waals surface area contributed by atoms with Gasteiger partial charge in [0.15, 0.2) is 0 Å². The third-order valence-electron chi connectivity index (χ3n) is 3.01. The molecule has 4 nitrogen and oxygen atoms in total. The van der Waals surface area contributed by atoms with Gasteiger partial charge in [-0.1, -0.05) is 38.1 Å². The van der Waals surface area contributed by atoms with Crippen LogP contribution in [0, 0.1) is 0 Å². The van der Waals surface area contributed by atoms with Crippen LogP contribution >= 0.6 is 0 Å².